The standard InChI is InChI=1S/C23H17N3O4/c1-29-16-7-8-17-20(9-16)30-13-19(22(17)14(11-24)12-25)18-10-21(27)26(23(18)28)15-5-3-2-4-6-15/h2-9,18-19H,10,13H2,1H3/t18?,19-/m0/s1. The van der Waals surface area contributed by atoms with Crippen molar-refractivity contribution < 1.29 is 19.1 Å². The summed E-state index contributed by atoms with van der Waals surface area (Å²) in [5, 5.41) is 19.1. The highest BCUT2D eigenvalue weighted by Crippen LogP contribution is 2.45. The van der Waals surface area contributed by atoms with Gasteiger partial charge in [-0.1, -0.05) is 18.2 Å². The Morgan fingerprint density at radius 3 is 2.50 bits per heavy atom. The predicted molar refractivity (Wildman–Crippen MR) is 107 cm³/mol. The smallest absolute Gasteiger partial charge is 0.238 e. The lowest BCUT2D eigenvalue weighted by Gasteiger charge is -2.31. The Kier molecular flexibility index (Phi) is 4.95. The summed E-state index contributed by atoms with van der Waals surface area (Å²) >= 11 is 0. The number of carbonyl (C=O) groups excluding carboxylic acids is 2. The van der Waals surface area contributed by atoms with Gasteiger partial charge in [0, 0.05) is 24.0 Å². The monoisotopic (exact) mass is 399 g/mol. The number of amides is 2. The number of carbonyl (C=O) groups is 2. The second kappa shape index (κ2) is 7.73. The maximum absolute atomic E-state index is 13.2. The van der Waals surface area contributed by atoms with E-state index in [1.807, 2.05) is 12.1 Å². The molecule has 0 bridgehead atoms. The van der Waals surface area contributed by atoms with Gasteiger partial charge in [0.1, 0.15) is 29.2 Å². The first-order valence-electron chi connectivity index (χ1n) is 9.36. The number of hydrogen-bond acceptors (Lipinski definition) is 6. The Bertz CT molecular complexity index is 1130. The van der Waals surface area contributed by atoms with Crippen molar-refractivity contribution in [1.29, 1.82) is 10.5 Å². The number of ether oxygens (including phenoxy) is 2. The summed E-state index contributed by atoms with van der Waals surface area (Å²) in [5.74, 6) is -0.939. The molecule has 2 aliphatic heterocycles. The second-order valence-corrected chi connectivity index (χ2v) is 7.01. The van der Waals surface area contributed by atoms with E-state index in [4.69, 9.17) is 9.47 Å². The minimum absolute atomic E-state index is 0.0130. The average Bonchev–Trinajstić information content (AvgIpc) is 3.08. The van der Waals surface area contributed by atoms with Gasteiger partial charge in [0.25, 0.3) is 0 Å². The van der Waals surface area contributed by atoms with E-state index in [0.29, 0.717) is 28.3 Å². The molecular formula is C23H17N3O4. The third-order valence-electron chi connectivity index (χ3n) is 5.44. The number of allylic oxidation sites excluding steroid dienone is 1. The minimum atomic E-state index is -0.723. The van der Waals surface area contributed by atoms with E-state index in [2.05, 4.69) is 0 Å². The van der Waals surface area contributed by atoms with Gasteiger partial charge in [0.05, 0.1) is 25.3 Å². The van der Waals surface area contributed by atoms with E-state index in [0.717, 1.165) is 0 Å². The zero-order valence-electron chi connectivity index (χ0n) is 16.2. The third-order valence-corrected chi connectivity index (χ3v) is 5.44. The number of fused-ring (bicyclic) bond motifs is 1. The van der Waals surface area contributed by atoms with Crippen molar-refractivity contribution in [2.24, 2.45) is 11.8 Å². The molecule has 1 unspecified atom stereocenters. The zero-order valence-corrected chi connectivity index (χ0v) is 16.2. The minimum Gasteiger partial charge on any atom is -0.497 e. The lowest BCUT2D eigenvalue weighted by molar-refractivity contribution is -0.122. The van der Waals surface area contributed by atoms with Crippen LogP contribution < -0.4 is 14.4 Å². The molecule has 0 aromatic heterocycles. The van der Waals surface area contributed by atoms with Crippen molar-refractivity contribution in [3.05, 3.63) is 59.7 Å². The van der Waals surface area contributed by atoms with Crippen molar-refractivity contribution in [3.8, 4) is 23.6 Å². The van der Waals surface area contributed by atoms with Crippen LogP contribution in [0.2, 0.25) is 0 Å². The number of nitriles is 2. The quantitative estimate of drug-likeness (QED) is 0.580. The Morgan fingerprint density at radius 2 is 1.83 bits per heavy atom. The molecule has 0 saturated carbocycles. The molecule has 148 valence electrons. The molecule has 30 heavy (non-hydrogen) atoms. The van der Waals surface area contributed by atoms with Gasteiger partial charge >= 0.3 is 0 Å². The van der Waals surface area contributed by atoms with E-state index >= 15 is 0 Å². The van der Waals surface area contributed by atoms with Crippen LogP contribution in [0.15, 0.2) is 54.1 Å². The topological polar surface area (TPSA) is 103 Å². The summed E-state index contributed by atoms with van der Waals surface area (Å²) in [4.78, 5) is 27.1. The number of para-hydroxylation sites is 1. The predicted octanol–water partition coefficient (Wildman–Crippen LogP) is 3.08. The van der Waals surface area contributed by atoms with Crippen LogP contribution in [0.5, 0.6) is 11.5 Å². The fourth-order valence-electron chi connectivity index (χ4n) is 4.04. The molecule has 2 heterocycles. The van der Waals surface area contributed by atoms with Crippen molar-refractivity contribution in [2.75, 3.05) is 18.6 Å². The Labute approximate surface area is 173 Å². The number of rotatable bonds is 3. The fourth-order valence-corrected chi connectivity index (χ4v) is 4.04. The Hall–Kier alpha value is -4.10. The Balaban J connectivity index is 1.78. The molecule has 7 heteroatoms. The molecule has 1 fully saturated rings. The lowest BCUT2D eigenvalue weighted by Crippen LogP contribution is -2.35. The van der Waals surface area contributed by atoms with Gasteiger partial charge in [-0.15, -0.1) is 0 Å². The molecule has 7 nitrogen and oxygen atoms in total. The van der Waals surface area contributed by atoms with Crippen LogP contribution in [0.25, 0.3) is 5.57 Å². The van der Waals surface area contributed by atoms with E-state index in [9.17, 15) is 20.1 Å². The molecule has 1 saturated heterocycles. The Morgan fingerprint density at radius 1 is 1.10 bits per heavy atom. The molecule has 2 atom stereocenters. The molecule has 2 aromatic rings. The summed E-state index contributed by atoms with van der Waals surface area (Å²) < 4.78 is 11.1. The number of nitrogens with zero attached hydrogens (tertiary/aromatic N) is 3. The summed E-state index contributed by atoms with van der Waals surface area (Å²) in [6, 6.07) is 17.7. The van der Waals surface area contributed by atoms with Gasteiger partial charge in [0.15, 0.2) is 0 Å². The second-order valence-electron chi connectivity index (χ2n) is 7.01. The first-order valence-corrected chi connectivity index (χ1v) is 9.36. The molecule has 2 aliphatic rings. The highest BCUT2D eigenvalue weighted by Gasteiger charge is 2.47. The maximum atomic E-state index is 13.2. The highest BCUT2D eigenvalue weighted by molar-refractivity contribution is 6.21. The molecule has 0 N–H and O–H groups in total. The van der Waals surface area contributed by atoms with Crippen LogP contribution in [-0.4, -0.2) is 25.5 Å². The van der Waals surface area contributed by atoms with E-state index in [1.54, 1.807) is 48.5 Å². The van der Waals surface area contributed by atoms with Crippen LogP contribution in [0, 0.1) is 34.5 Å². The molecule has 0 radical (unpaired) electrons. The van der Waals surface area contributed by atoms with E-state index in [-0.39, 0.29) is 30.4 Å². The first-order chi connectivity index (χ1) is 14.6. The van der Waals surface area contributed by atoms with Crippen LogP contribution in [0.4, 0.5) is 5.69 Å². The number of anilines is 1. The average molecular weight is 399 g/mol. The molecular weight excluding hydrogens is 382 g/mol. The van der Waals surface area contributed by atoms with E-state index < -0.39 is 11.8 Å². The molecule has 0 aliphatic carbocycles. The van der Waals surface area contributed by atoms with Gasteiger partial charge in [-0.3, -0.25) is 14.5 Å². The van der Waals surface area contributed by atoms with Crippen LogP contribution in [0.1, 0.15) is 12.0 Å². The van der Waals surface area contributed by atoms with E-state index in [1.165, 1.54) is 12.0 Å². The lowest BCUT2D eigenvalue weighted by atomic mass is 9.78. The summed E-state index contributed by atoms with van der Waals surface area (Å²) in [5.41, 5.74) is 1.41. The van der Waals surface area contributed by atoms with Gasteiger partial charge < -0.3 is 9.47 Å². The number of hydrogen-bond donors (Lipinski definition) is 0. The number of methoxy groups -OCH3 is 1. The highest BCUT2D eigenvalue weighted by atomic mass is 16.5. The molecule has 2 aromatic carbocycles. The SMILES string of the molecule is COc1ccc2c(c1)OC[C@@H](C1CC(=O)N(c3ccccc3)C1=O)C2=C(C#N)C#N. The largest absolute Gasteiger partial charge is 0.497 e. The number of benzene rings is 2. The third kappa shape index (κ3) is 3.07. The summed E-state index contributed by atoms with van der Waals surface area (Å²) in [6.45, 7) is 0.0781. The molecule has 2 amide bonds. The summed E-state index contributed by atoms with van der Waals surface area (Å²) in [7, 11) is 1.53. The van der Waals surface area contributed by atoms with Gasteiger partial charge in [-0.05, 0) is 29.8 Å². The normalized spacial score (nSPS) is 20.1. The van der Waals surface area contributed by atoms with Gasteiger partial charge in [-0.25, -0.2) is 0 Å². The van der Waals surface area contributed by atoms with Crippen molar-refractivity contribution in [1.82, 2.24) is 0 Å². The van der Waals surface area contributed by atoms with Crippen molar-refractivity contribution >= 4 is 23.1 Å². The maximum Gasteiger partial charge on any atom is 0.238 e. The molecule has 4 rings (SSSR count). The summed E-state index contributed by atoms with van der Waals surface area (Å²) in [6.07, 6.45) is -0.0130. The van der Waals surface area contributed by atoms with Crippen LogP contribution in [0.3, 0.4) is 0 Å². The number of imide groups is 1. The van der Waals surface area contributed by atoms with Gasteiger partial charge in [-0.2, -0.15) is 10.5 Å². The van der Waals surface area contributed by atoms with Gasteiger partial charge in [0.2, 0.25) is 11.8 Å². The molecule has 0 spiro atoms. The fraction of sp³-hybridized carbons (Fsp3) is 0.217. The van der Waals surface area contributed by atoms with Crippen molar-refractivity contribution in [3.63, 3.8) is 0 Å². The zero-order chi connectivity index (χ0) is 21.3. The first kappa shape index (κ1) is 19.2. The van der Waals surface area contributed by atoms with Crippen LogP contribution in [-0.2, 0) is 9.59 Å². The van der Waals surface area contributed by atoms with Crippen LogP contribution >= 0.6 is 0 Å². The van der Waals surface area contributed by atoms with Crippen molar-refractivity contribution in [2.45, 2.75) is 6.42 Å².